The normalized spacial score (nSPS) is 10.2. The van der Waals surface area contributed by atoms with Crippen LogP contribution in [0.25, 0.3) is 0 Å². The van der Waals surface area contributed by atoms with E-state index in [-0.39, 0.29) is 12.4 Å². The number of methoxy groups -OCH3 is 1. The molecule has 2 aromatic rings. The van der Waals surface area contributed by atoms with Gasteiger partial charge in [0.05, 0.1) is 7.11 Å². The summed E-state index contributed by atoms with van der Waals surface area (Å²) in [6, 6.07) is 5.08. The zero-order valence-electron chi connectivity index (χ0n) is 10.8. The summed E-state index contributed by atoms with van der Waals surface area (Å²) in [7, 11) is 3.33. The Morgan fingerprint density at radius 1 is 1.42 bits per heavy atom. The highest BCUT2D eigenvalue weighted by atomic mass is 16.5. The Morgan fingerprint density at radius 2 is 2.21 bits per heavy atom. The van der Waals surface area contributed by atoms with Crippen molar-refractivity contribution in [3.05, 3.63) is 35.9 Å². The second-order valence-corrected chi connectivity index (χ2v) is 3.87. The minimum Gasteiger partial charge on any atom is -0.493 e. The number of ether oxygens (including phenoxy) is 2. The number of amidine groups is 1. The summed E-state index contributed by atoms with van der Waals surface area (Å²) in [5.74, 6) is 1.78. The van der Waals surface area contributed by atoms with E-state index in [1.807, 2.05) is 0 Å². The number of aryl methyl sites for hydroxylation is 1. The third-order valence-electron chi connectivity index (χ3n) is 2.64. The lowest BCUT2D eigenvalue weighted by Crippen LogP contribution is -2.11. The first kappa shape index (κ1) is 12.9. The Balaban J connectivity index is 2.16. The number of rotatable bonds is 5. The highest BCUT2D eigenvalue weighted by Crippen LogP contribution is 2.28. The predicted octanol–water partition coefficient (Wildman–Crippen LogP) is 0.687. The highest BCUT2D eigenvalue weighted by molar-refractivity contribution is 5.95. The molecule has 1 aromatic heterocycles. The smallest absolute Gasteiger partial charge is 0.164 e. The molecular formula is C12H15N5O2. The monoisotopic (exact) mass is 261 g/mol. The molecule has 0 atom stereocenters. The average molecular weight is 261 g/mol. The molecule has 0 aliphatic heterocycles. The zero-order valence-corrected chi connectivity index (χ0v) is 10.8. The molecule has 0 bridgehead atoms. The standard InChI is InChI=1S/C12H15N5O2/c1-17-11(15-7-16-17)6-19-9-4-3-8(12(13)14)5-10(9)18-2/h3-5,7H,6H2,1-2H3,(H3,13,14). The Morgan fingerprint density at radius 3 is 2.79 bits per heavy atom. The van der Waals surface area contributed by atoms with E-state index in [0.29, 0.717) is 22.9 Å². The number of nitrogens with one attached hydrogen (secondary N) is 1. The van der Waals surface area contributed by atoms with Crippen molar-refractivity contribution >= 4 is 5.84 Å². The first-order valence-corrected chi connectivity index (χ1v) is 5.60. The van der Waals surface area contributed by atoms with Gasteiger partial charge in [0.2, 0.25) is 0 Å². The molecule has 1 heterocycles. The van der Waals surface area contributed by atoms with Crippen LogP contribution in [0.3, 0.4) is 0 Å². The zero-order chi connectivity index (χ0) is 13.8. The first-order valence-electron chi connectivity index (χ1n) is 5.60. The first-order chi connectivity index (χ1) is 9.11. The van der Waals surface area contributed by atoms with Gasteiger partial charge < -0.3 is 15.2 Å². The summed E-state index contributed by atoms with van der Waals surface area (Å²) in [6.45, 7) is 0.284. The molecule has 0 radical (unpaired) electrons. The maximum atomic E-state index is 7.38. The van der Waals surface area contributed by atoms with Gasteiger partial charge in [-0.25, -0.2) is 4.98 Å². The van der Waals surface area contributed by atoms with Gasteiger partial charge in [-0.05, 0) is 18.2 Å². The van der Waals surface area contributed by atoms with Crippen molar-refractivity contribution in [2.75, 3.05) is 7.11 Å². The molecule has 0 spiro atoms. The summed E-state index contributed by atoms with van der Waals surface area (Å²) in [5, 5.41) is 11.3. The van der Waals surface area contributed by atoms with Crippen LogP contribution in [-0.2, 0) is 13.7 Å². The Hall–Kier alpha value is -2.57. The number of benzene rings is 1. The van der Waals surface area contributed by atoms with Crippen LogP contribution in [0.4, 0.5) is 0 Å². The van der Waals surface area contributed by atoms with Crippen molar-refractivity contribution < 1.29 is 9.47 Å². The van der Waals surface area contributed by atoms with Crippen molar-refractivity contribution in [1.29, 1.82) is 5.41 Å². The van der Waals surface area contributed by atoms with Gasteiger partial charge in [0.1, 0.15) is 18.8 Å². The maximum Gasteiger partial charge on any atom is 0.164 e. The van der Waals surface area contributed by atoms with Crippen LogP contribution >= 0.6 is 0 Å². The molecule has 0 amide bonds. The van der Waals surface area contributed by atoms with Gasteiger partial charge in [-0.2, -0.15) is 5.10 Å². The van der Waals surface area contributed by atoms with E-state index < -0.39 is 0 Å². The van der Waals surface area contributed by atoms with E-state index >= 15 is 0 Å². The van der Waals surface area contributed by atoms with Gasteiger partial charge in [-0.1, -0.05) is 0 Å². The molecule has 19 heavy (non-hydrogen) atoms. The SMILES string of the molecule is COc1cc(C(=N)N)ccc1OCc1ncnn1C. The lowest BCUT2D eigenvalue weighted by Gasteiger charge is -2.11. The van der Waals surface area contributed by atoms with E-state index in [1.54, 1.807) is 29.9 Å². The van der Waals surface area contributed by atoms with E-state index in [0.717, 1.165) is 0 Å². The Labute approximate surface area is 110 Å². The van der Waals surface area contributed by atoms with Crippen molar-refractivity contribution in [3.63, 3.8) is 0 Å². The summed E-state index contributed by atoms with van der Waals surface area (Å²) in [5.41, 5.74) is 6.01. The number of hydrogen-bond donors (Lipinski definition) is 2. The fourth-order valence-electron chi connectivity index (χ4n) is 1.55. The van der Waals surface area contributed by atoms with E-state index in [1.165, 1.54) is 13.4 Å². The van der Waals surface area contributed by atoms with Crippen molar-refractivity contribution in [3.8, 4) is 11.5 Å². The fraction of sp³-hybridized carbons (Fsp3) is 0.250. The molecule has 0 aliphatic rings. The van der Waals surface area contributed by atoms with Crippen LogP contribution in [0.5, 0.6) is 11.5 Å². The molecule has 0 unspecified atom stereocenters. The minimum absolute atomic E-state index is 0.0156. The summed E-state index contributed by atoms with van der Waals surface area (Å²) < 4.78 is 12.5. The summed E-state index contributed by atoms with van der Waals surface area (Å²) in [4.78, 5) is 4.06. The minimum atomic E-state index is -0.0156. The van der Waals surface area contributed by atoms with Crippen LogP contribution in [0, 0.1) is 5.41 Å². The van der Waals surface area contributed by atoms with Crippen LogP contribution < -0.4 is 15.2 Å². The van der Waals surface area contributed by atoms with Crippen LogP contribution in [0.1, 0.15) is 11.4 Å². The fourth-order valence-corrected chi connectivity index (χ4v) is 1.55. The van der Waals surface area contributed by atoms with Crippen molar-refractivity contribution in [1.82, 2.24) is 14.8 Å². The van der Waals surface area contributed by atoms with E-state index in [2.05, 4.69) is 10.1 Å². The molecular weight excluding hydrogens is 246 g/mol. The van der Waals surface area contributed by atoms with Gasteiger partial charge in [-0.15, -0.1) is 0 Å². The molecule has 7 nitrogen and oxygen atoms in total. The highest BCUT2D eigenvalue weighted by Gasteiger charge is 2.09. The van der Waals surface area contributed by atoms with Gasteiger partial charge in [0.15, 0.2) is 17.3 Å². The van der Waals surface area contributed by atoms with Crippen molar-refractivity contribution in [2.45, 2.75) is 6.61 Å². The molecule has 1 aromatic carbocycles. The topological polar surface area (TPSA) is 99.0 Å². The lowest BCUT2D eigenvalue weighted by atomic mass is 10.2. The third-order valence-corrected chi connectivity index (χ3v) is 2.64. The number of aromatic nitrogens is 3. The Kier molecular flexibility index (Phi) is 3.65. The lowest BCUT2D eigenvalue weighted by molar-refractivity contribution is 0.271. The average Bonchev–Trinajstić information content (AvgIpc) is 2.81. The van der Waals surface area contributed by atoms with Gasteiger partial charge in [0, 0.05) is 12.6 Å². The third kappa shape index (κ3) is 2.82. The second-order valence-electron chi connectivity index (χ2n) is 3.87. The van der Waals surface area contributed by atoms with Crippen LogP contribution in [0.2, 0.25) is 0 Å². The van der Waals surface area contributed by atoms with E-state index in [4.69, 9.17) is 20.6 Å². The molecule has 0 aliphatic carbocycles. The Bertz CT molecular complexity index is 594. The second kappa shape index (κ2) is 5.38. The largest absolute Gasteiger partial charge is 0.493 e. The molecule has 2 rings (SSSR count). The van der Waals surface area contributed by atoms with Crippen molar-refractivity contribution in [2.24, 2.45) is 12.8 Å². The van der Waals surface area contributed by atoms with Gasteiger partial charge >= 0.3 is 0 Å². The molecule has 0 saturated carbocycles. The van der Waals surface area contributed by atoms with E-state index in [9.17, 15) is 0 Å². The van der Waals surface area contributed by atoms with Crippen LogP contribution in [0.15, 0.2) is 24.5 Å². The molecule has 7 heteroatoms. The predicted molar refractivity (Wildman–Crippen MR) is 69.3 cm³/mol. The number of nitrogens with two attached hydrogens (primary N) is 1. The molecule has 0 fully saturated rings. The number of nitrogen functional groups attached to an aromatic ring is 1. The molecule has 100 valence electrons. The van der Waals surface area contributed by atoms with Gasteiger partial charge in [0.25, 0.3) is 0 Å². The molecule has 0 saturated heterocycles. The number of nitrogens with zero attached hydrogens (tertiary/aromatic N) is 3. The van der Waals surface area contributed by atoms with Gasteiger partial charge in [-0.3, -0.25) is 10.1 Å². The summed E-state index contributed by atoms with van der Waals surface area (Å²) in [6.07, 6.45) is 1.47. The quantitative estimate of drug-likeness (QED) is 0.609. The summed E-state index contributed by atoms with van der Waals surface area (Å²) >= 11 is 0. The number of hydrogen-bond acceptors (Lipinski definition) is 5. The molecule has 3 N–H and O–H groups in total. The maximum absolute atomic E-state index is 7.38. The van der Waals surface area contributed by atoms with Crippen LogP contribution in [-0.4, -0.2) is 27.7 Å².